The van der Waals surface area contributed by atoms with Crippen molar-refractivity contribution < 1.29 is 4.74 Å². The maximum atomic E-state index is 6.50. The molecule has 0 saturated carbocycles. The van der Waals surface area contributed by atoms with Crippen LogP contribution in [0.2, 0.25) is 0 Å². The first-order valence-corrected chi connectivity index (χ1v) is 5.55. The lowest BCUT2D eigenvalue weighted by Crippen LogP contribution is -1.94. The van der Waals surface area contributed by atoms with Gasteiger partial charge >= 0.3 is 0 Å². The first kappa shape index (κ1) is 17.6. The Kier molecular flexibility index (Phi) is 8.75. The van der Waals surface area contributed by atoms with Crippen LogP contribution >= 0.6 is 0 Å². The molecule has 0 radical (unpaired) electrons. The van der Waals surface area contributed by atoms with E-state index in [0.717, 1.165) is 11.1 Å². The van der Waals surface area contributed by atoms with E-state index in [2.05, 4.69) is 28.2 Å². The molecule has 7 heteroatoms. The third-order valence-electron chi connectivity index (χ3n) is 2.27. The van der Waals surface area contributed by atoms with Crippen LogP contribution in [0.5, 0.6) is 5.75 Å². The molecule has 0 unspecified atom stereocenters. The molecule has 0 aliphatic rings. The van der Waals surface area contributed by atoms with E-state index in [9.17, 15) is 0 Å². The molecule has 1 aromatic carbocycles. The van der Waals surface area contributed by atoms with Crippen molar-refractivity contribution in [1.29, 1.82) is 10.5 Å². The molecule has 2 rings (SSSR count). The molecule has 1 heterocycles. The van der Waals surface area contributed by atoms with Crippen molar-refractivity contribution in [3.63, 3.8) is 0 Å². The van der Waals surface area contributed by atoms with Gasteiger partial charge in [0.15, 0.2) is 5.82 Å². The van der Waals surface area contributed by atoms with Crippen molar-refractivity contribution >= 4 is 6.21 Å². The van der Waals surface area contributed by atoms with E-state index in [4.69, 9.17) is 21.1 Å². The number of methoxy groups -OCH3 is 1. The Morgan fingerprint density at radius 2 is 1.81 bits per heavy atom. The van der Waals surface area contributed by atoms with Crippen LogP contribution in [0.1, 0.15) is 5.56 Å². The van der Waals surface area contributed by atoms with Crippen LogP contribution in [0.15, 0.2) is 41.8 Å². The van der Waals surface area contributed by atoms with Gasteiger partial charge in [-0.3, -0.25) is 0 Å². The van der Waals surface area contributed by atoms with E-state index in [1.165, 1.54) is 6.21 Å². The summed E-state index contributed by atoms with van der Waals surface area (Å²) in [5, 5.41) is 16.5. The fourth-order valence-electron chi connectivity index (χ4n) is 1.49. The number of hydrogen-bond donors (Lipinski definition) is 1. The zero-order valence-electron chi connectivity index (χ0n) is 11.4. The third kappa shape index (κ3) is 4.97. The first-order valence-electron chi connectivity index (χ1n) is 5.55. The Hall–Kier alpha value is -3.45. The van der Waals surface area contributed by atoms with Crippen LogP contribution in [0.3, 0.4) is 0 Å². The normalized spacial score (nSPS) is 8.81. The lowest BCUT2D eigenvalue weighted by Gasteiger charge is -2.06. The molecule has 21 heavy (non-hydrogen) atoms. The van der Waals surface area contributed by atoms with Gasteiger partial charge in [-0.1, -0.05) is 6.07 Å². The first-order chi connectivity index (χ1) is 10.3. The number of rotatable bonds is 3. The third-order valence-corrected chi connectivity index (χ3v) is 2.27. The van der Waals surface area contributed by atoms with Crippen LogP contribution in [0.4, 0.5) is 0 Å². The van der Waals surface area contributed by atoms with Crippen molar-refractivity contribution in [1.82, 2.24) is 9.97 Å². The molecule has 0 fully saturated rings. The summed E-state index contributed by atoms with van der Waals surface area (Å²) in [6.45, 7) is 7.00. The molecule has 0 spiro atoms. The number of nitrogens with two attached hydrogens (primary N) is 1. The van der Waals surface area contributed by atoms with Crippen LogP contribution in [0, 0.1) is 23.7 Å². The molecule has 2 N–H and O–H groups in total. The van der Waals surface area contributed by atoms with E-state index in [-0.39, 0.29) is 0 Å². The van der Waals surface area contributed by atoms with E-state index in [1.807, 2.05) is 18.2 Å². The molecule has 0 aliphatic carbocycles. The summed E-state index contributed by atoms with van der Waals surface area (Å²) < 4.78 is 5.26. The maximum Gasteiger partial charge on any atom is 0.159 e. The topological polar surface area (TPSA) is 121 Å². The number of aromatic nitrogens is 2. The van der Waals surface area contributed by atoms with E-state index >= 15 is 0 Å². The van der Waals surface area contributed by atoms with Crippen LogP contribution in [-0.2, 0) is 0 Å². The minimum absolute atomic E-state index is 0.655. The van der Waals surface area contributed by atoms with Gasteiger partial charge in [-0.2, -0.15) is 5.10 Å². The monoisotopic (exact) mass is 282 g/mol. The average molecular weight is 282 g/mol. The number of nitriles is 2. The summed E-state index contributed by atoms with van der Waals surface area (Å²) in [5.41, 5.74) is 1.70. The zero-order valence-corrected chi connectivity index (χ0v) is 11.4. The van der Waals surface area contributed by atoms with Crippen molar-refractivity contribution in [2.45, 2.75) is 0 Å². The fourth-order valence-corrected chi connectivity index (χ4v) is 1.49. The predicted octanol–water partition coefficient (Wildman–Crippen LogP) is 1.72. The lowest BCUT2D eigenvalue weighted by molar-refractivity contribution is 0.414. The highest BCUT2D eigenvalue weighted by atomic mass is 16.5. The number of benzene rings is 1. The predicted molar refractivity (Wildman–Crippen MR) is 79.1 cm³/mol. The van der Waals surface area contributed by atoms with Gasteiger partial charge in [0.25, 0.3) is 0 Å². The summed E-state index contributed by atoms with van der Waals surface area (Å²) in [7, 11) is 1.60. The lowest BCUT2D eigenvalue weighted by atomic mass is 10.1. The van der Waals surface area contributed by atoms with Crippen LogP contribution in [-0.4, -0.2) is 23.3 Å². The van der Waals surface area contributed by atoms with E-state index in [0.29, 0.717) is 11.6 Å². The van der Waals surface area contributed by atoms with Crippen LogP contribution < -0.4 is 10.6 Å². The molecule has 7 nitrogen and oxygen atoms in total. The highest BCUT2D eigenvalue weighted by molar-refractivity contribution is 5.84. The molecule has 2 aromatic rings. The number of ether oxygens (including phenoxy) is 1. The summed E-state index contributed by atoms with van der Waals surface area (Å²) in [4.78, 5) is 8.35. The largest absolute Gasteiger partial charge is 0.496 e. The second kappa shape index (κ2) is 10.5. The second-order valence-electron chi connectivity index (χ2n) is 3.31. The number of nitrogens with zero attached hydrogens (tertiary/aromatic N) is 5. The van der Waals surface area contributed by atoms with Gasteiger partial charge < -0.3 is 10.6 Å². The van der Waals surface area contributed by atoms with Crippen molar-refractivity contribution in [2.24, 2.45) is 10.9 Å². The Balaban J connectivity index is 0.000000921. The molecule has 0 saturated heterocycles. The van der Waals surface area contributed by atoms with Crippen molar-refractivity contribution in [3.8, 4) is 30.3 Å². The Morgan fingerprint density at radius 1 is 1.19 bits per heavy atom. The van der Waals surface area contributed by atoms with Gasteiger partial charge in [-0.25, -0.2) is 20.5 Å². The molecule has 0 amide bonds. The van der Waals surface area contributed by atoms with Gasteiger partial charge in [0, 0.05) is 36.7 Å². The minimum Gasteiger partial charge on any atom is -0.496 e. The van der Waals surface area contributed by atoms with Crippen LogP contribution in [0.25, 0.3) is 11.4 Å². The Morgan fingerprint density at radius 3 is 2.33 bits per heavy atom. The molecule has 106 valence electrons. The molecule has 0 bridgehead atoms. The molecule has 1 aromatic heterocycles. The highest BCUT2D eigenvalue weighted by Gasteiger charge is 2.05. The number of hydrogen-bond acceptors (Lipinski definition) is 7. The average Bonchev–Trinajstić information content (AvgIpc) is 2.60. The standard InChI is InChI=1S/C12H12N4O.2CHN/c1-17-11-7-9(3-4-10(11)8-16-13)12-14-5-2-6-15-12;2*1-2/h2-8H,13H2,1H3;2*1H. The second-order valence-corrected chi connectivity index (χ2v) is 3.31. The summed E-state index contributed by atoms with van der Waals surface area (Å²) in [6, 6.07) is 7.39. The molecule has 0 atom stereocenters. The van der Waals surface area contributed by atoms with Gasteiger partial charge in [0.05, 0.1) is 13.3 Å². The summed E-state index contributed by atoms with van der Waals surface area (Å²) in [5.74, 6) is 6.46. The van der Waals surface area contributed by atoms with E-state index < -0.39 is 0 Å². The fraction of sp³-hybridized carbons (Fsp3) is 0.0714. The van der Waals surface area contributed by atoms with Gasteiger partial charge in [0.1, 0.15) is 5.75 Å². The number of hydrazone groups is 1. The molecular formula is C14H14N6O. The smallest absolute Gasteiger partial charge is 0.159 e. The van der Waals surface area contributed by atoms with Gasteiger partial charge in [-0.15, -0.1) is 0 Å². The summed E-state index contributed by atoms with van der Waals surface area (Å²) >= 11 is 0. The Bertz CT molecular complexity index is 601. The van der Waals surface area contributed by atoms with Crippen molar-refractivity contribution in [3.05, 3.63) is 42.2 Å². The highest BCUT2D eigenvalue weighted by Crippen LogP contribution is 2.23. The summed E-state index contributed by atoms with van der Waals surface area (Å²) in [6.07, 6.45) is 4.93. The Labute approximate surface area is 123 Å². The molecule has 0 aliphatic heterocycles. The molecular weight excluding hydrogens is 268 g/mol. The maximum absolute atomic E-state index is 6.50. The SMILES string of the molecule is C#N.C#N.COc1cc(-c2ncccn2)ccc1C=NN. The van der Waals surface area contributed by atoms with Gasteiger partial charge in [-0.05, 0) is 18.2 Å². The minimum atomic E-state index is 0.655. The van der Waals surface area contributed by atoms with Gasteiger partial charge in [0.2, 0.25) is 0 Å². The van der Waals surface area contributed by atoms with Crippen molar-refractivity contribution in [2.75, 3.05) is 7.11 Å². The van der Waals surface area contributed by atoms with E-state index in [1.54, 1.807) is 25.6 Å². The zero-order chi connectivity index (χ0) is 16.1. The quantitative estimate of drug-likeness (QED) is 0.519.